The Balaban J connectivity index is 2.96. The number of aliphatic hydroxyl groups is 1. The van der Waals surface area contributed by atoms with E-state index in [9.17, 15) is 5.11 Å². The molecule has 1 aromatic rings. The molecule has 2 heteroatoms. The molecule has 0 heterocycles. The van der Waals surface area contributed by atoms with Gasteiger partial charge in [-0.3, -0.25) is 4.90 Å². The Labute approximate surface area is 92.5 Å². The number of hydrogen-bond acceptors (Lipinski definition) is 2. The second kappa shape index (κ2) is 5.89. The fourth-order valence-corrected chi connectivity index (χ4v) is 2.04. The monoisotopic (exact) mass is 207 g/mol. The van der Waals surface area contributed by atoms with E-state index in [2.05, 4.69) is 37.8 Å². The van der Waals surface area contributed by atoms with E-state index >= 15 is 0 Å². The van der Waals surface area contributed by atoms with Crippen LogP contribution in [0.1, 0.15) is 31.0 Å². The van der Waals surface area contributed by atoms with Crippen LogP contribution in [0.25, 0.3) is 0 Å². The molecule has 0 aliphatic heterocycles. The van der Waals surface area contributed by atoms with E-state index in [0.717, 1.165) is 13.1 Å². The van der Waals surface area contributed by atoms with Gasteiger partial charge in [0, 0.05) is 0 Å². The molecule has 0 aromatic heterocycles. The van der Waals surface area contributed by atoms with Gasteiger partial charge in [0.1, 0.15) is 0 Å². The molecule has 0 aliphatic rings. The van der Waals surface area contributed by atoms with Gasteiger partial charge < -0.3 is 5.11 Å². The third kappa shape index (κ3) is 2.80. The molecule has 84 valence electrons. The predicted octanol–water partition coefficient (Wildman–Crippen LogP) is 2.37. The summed E-state index contributed by atoms with van der Waals surface area (Å²) in [5, 5.41) is 9.49. The Bertz CT molecular complexity index is 294. The minimum absolute atomic E-state index is 0.140. The van der Waals surface area contributed by atoms with Gasteiger partial charge in [0.15, 0.2) is 0 Å². The maximum Gasteiger partial charge on any atom is 0.0628 e. The normalized spacial score (nSPS) is 13.1. The van der Waals surface area contributed by atoms with Crippen molar-refractivity contribution in [3.05, 3.63) is 35.4 Å². The first-order valence-electron chi connectivity index (χ1n) is 5.65. The maximum absolute atomic E-state index is 9.49. The summed E-state index contributed by atoms with van der Waals surface area (Å²) in [6, 6.07) is 8.42. The Hall–Kier alpha value is -0.860. The van der Waals surface area contributed by atoms with E-state index in [1.807, 2.05) is 12.1 Å². The molecule has 0 fully saturated rings. The molecular weight excluding hydrogens is 186 g/mol. The molecular formula is C13H21NO. The summed E-state index contributed by atoms with van der Waals surface area (Å²) >= 11 is 0. The van der Waals surface area contributed by atoms with E-state index in [1.54, 1.807) is 0 Å². The van der Waals surface area contributed by atoms with Crippen LogP contribution in [-0.2, 0) is 0 Å². The summed E-state index contributed by atoms with van der Waals surface area (Å²) in [7, 11) is 0. The zero-order valence-corrected chi connectivity index (χ0v) is 9.90. The van der Waals surface area contributed by atoms with Gasteiger partial charge in [0.2, 0.25) is 0 Å². The van der Waals surface area contributed by atoms with Crippen LogP contribution in [0.3, 0.4) is 0 Å². The van der Waals surface area contributed by atoms with Crippen molar-refractivity contribution < 1.29 is 5.11 Å². The Kier molecular flexibility index (Phi) is 4.79. The Morgan fingerprint density at radius 1 is 1.20 bits per heavy atom. The van der Waals surface area contributed by atoms with Crippen molar-refractivity contribution in [2.24, 2.45) is 0 Å². The van der Waals surface area contributed by atoms with Crippen LogP contribution >= 0.6 is 0 Å². The van der Waals surface area contributed by atoms with Crippen molar-refractivity contribution in [3.8, 4) is 0 Å². The second-order valence-corrected chi connectivity index (χ2v) is 3.78. The van der Waals surface area contributed by atoms with Crippen molar-refractivity contribution in [1.82, 2.24) is 4.90 Å². The first kappa shape index (κ1) is 12.2. The lowest BCUT2D eigenvalue weighted by Gasteiger charge is -2.29. The van der Waals surface area contributed by atoms with Gasteiger partial charge in [-0.15, -0.1) is 0 Å². The van der Waals surface area contributed by atoms with Crippen LogP contribution in [0.2, 0.25) is 0 Å². The zero-order valence-electron chi connectivity index (χ0n) is 9.90. The Morgan fingerprint density at radius 3 is 2.27 bits per heavy atom. The number of benzene rings is 1. The van der Waals surface area contributed by atoms with E-state index in [-0.39, 0.29) is 12.6 Å². The molecule has 0 aliphatic carbocycles. The van der Waals surface area contributed by atoms with E-state index < -0.39 is 0 Å². The van der Waals surface area contributed by atoms with E-state index in [0.29, 0.717) is 0 Å². The summed E-state index contributed by atoms with van der Waals surface area (Å²) in [5.74, 6) is 0. The first-order valence-corrected chi connectivity index (χ1v) is 5.65. The van der Waals surface area contributed by atoms with E-state index in [4.69, 9.17) is 0 Å². The summed E-state index contributed by atoms with van der Waals surface area (Å²) < 4.78 is 0. The van der Waals surface area contributed by atoms with Gasteiger partial charge in [-0.1, -0.05) is 38.1 Å². The summed E-state index contributed by atoms with van der Waals surface area (Å²) in [4.78, 5) is 2.28. The lowest BCUT2D eigenvalue weighted by Crippen LogP contribution is -2.31. The molecule has 0 saturated carbocycles. The molecule has 1 N–H and O–H groups in total. The lowest BCUT2D eigenvalue weighted by molar-refractivity contribution is 0.133. The van der Waals surface area contributed by atoms with Crippen molar-refractivity contribution in [3.63, 3.8) is 0 Å². The molecule has 1 atom stereocenters. The van der Waals surface area contributed by atoms with Crippen molar-refractivity contribution in [2.75, 3.05) is 19.7 Å². The number of rotatable bonds is 5. The largest absolute Gasteiger partial charge is 0.394 e. The minimum atomic E-state index is 0.140. The number of hydrogen-bond donors (Lipinski definition) is 1. The van der Waals surface area contributed by atoms with Crippen LogP contribution in [0.4, 0.5) is 0 Å². The highest BCUT2D eigenvalue weighted by Gasteiger charge is 2.17. The molecule has 0 amide bonds. The van der Waals surface area contributed by atoms with Gasteiger partial charge >= 0.3 is 0 Å². The smallest absolute Gasteiger partial charge is 0.0628 e. The SMILES string of the molecule is CCN(CC)C(CO)c1ccccc1C. The topological polar surface area (TPSA) is 23.5 Å². The first-order chi connectivity index (χ1) is 7.24. The van der Waals surface area contributed by atoms with Gasteiger partial charge in [0.25, 0.3) is 0 Å². The van der Waals surface area contributed by atoms with Crippen LogP contribution < -0.4 is 0 Å². The molecule has 0 bridgehead atoms. The molecule has 1 aromatic carbocycles. The average molecular weight is 207 g/mol. The van der Waals surface area contributed by atoms with Crippen molar-refractivity contribution in [1.29, 1.82) is 0 Å². The predicted molar refractivity (Wildman–Crippen MR) is 63.9 cm³/mol. The van der Waals surface area contributed by atoms with Crippen LogP contribution in [0.5, 0.6) is 0 Å². The minimum Gasteiger partial charge on any atom is -0.394 e. The molecule has 15 heavy (non-hydrogen) atoms. The molecule has 0 spiro atoms. The highest BCUT2D eigenvalue weighted by molar-refractivity contribution is 5.28. The van der Waals surface area contributed by atoms with Gasteiger partial charge in [-0.2, -0.15) is 0 Å². The second-order valence-electron chi connectivity index (χ2n) is 3.78. The fraction of sp³-hybridized carbons (Fsp3) is 0.538. The summed E-state index contributed by atoms with van der Waals surface area (Å²) in [6.07, 6.45) is 0. The quantitative estimate of drug-likeness (QED) is 0.801. The van der Waals surface area contributed by atoms with Gasteiger partial charge in [-0.05, 0) is 31.1 Å². The van der Waals surface area contributed by atoms with Gasteiger partial charge in [0.05, 0.1) is 12.6 Å². The number of nitrogens with zero attached hydrogens (tertiary/aromatic N) is 1. The molecule has 0 radical (unpaired) electrons. The van der Waals surface area contributed by atoms with Crippen LogP contribution in [0.15, 0.2) is 24.3 Å². The molecule has 2 nitrogen and oxygen atoms in total. The summed E-state index contributed by atoms with van der Waals surface area (Å²) in [5.41, 5.74) is 2.49. The van der Waals surface area contributed by atoms with Crippen LogP contribution in [0, 0.1) is 6.92 Å². The maximum atomic E-state index is 9.49. The van der Waals surface area contributed by atoms with Crippen molar-refractivity contribution in [2.45, 2.75) is 26.8 Å². The number of likely N-dealkylation sites (N-methyl/N-ethyl adjacent to an activating group) is 1. The lowest BCUT2D eigenvalue weighted by atomic mass is 10.0. The third-order valence-electron chi connectivity index (χ3n) is 2.97. The summed E-state index contributed by atoms with van der Waals surface area (Å²) in [6.45, 7) is 8.48. The number of aryl methyl sites for hydroxylation is 1. The zero-order chi connectivity index (χ0) is 11.3. The van der Waals surface area contributed by atoms with Gasteiger partial charge in [-0.25, -0.2) is 0 Å². The molecule has 0 saturated heterocycles. The third-order valence-corrected chi connectivity index (χ3v) is 2.97. The molecule has 1 rings (SSSR count). The highest BCUT2D eigenvalue weighted by Crippen LogP contribution is 2.22. The van der Waals surface area contributed by atoms with Crippen molar-refractivity contribution >= 4 is 0 Å². The molecule has 1 unspecified atom stereocenters. The standard InChI is InChI=1S/C13H21NO/c1-4-14(5-2)13(10-15)12-9-7-6-8-11(12)3/h6-9,13,15H,4-5,10H2,1-3H3. The van der Waals surface area contributed by atoms with E-state index in [1.165, 1.54) is 11.1 Å². The van der Waals surface area contributed by atoms with Crippen LogP contribution in [-0.4, -0.2) is 29.7 Å². The number of aliphatic hydroxyl groups excluding tert-OH is 1. The fourth-order valence-electron chi connectivity index (χ4n) is 2.04. The highest BCUT2D eigenvalue weighted by atomic mass is 16.3. The average Bonchev–Trinajstić information content (AvgIpc) is 2.27. The Morgan fingerprint density at radius 2 is 1.80 bits per heavy atom.